The fourth-order valence-electron chi connectivity index (χ4n) is 3.00. The van der Waals surface area contributed by atoms with E-state index < -0.39 is 0 Å². The molecule has 3 atom stereocenters. The molecule has 23 heavy (non-hydrogen) atoms. The summed E-state index contributed by atoms with van der Waals surface area (Å²) in [5.41, 5.74) is 5.18. The molecule has 1 saturated heterocycles. The van der Waals surface area contributed by atoms with Gasteiger partial charge in [0, 0.05) is 13.0 Å². The minimum Gasteiger partial charge on any atom is -0.354 e. The highest BCUT2D eigenvalue weighted by Gasteiger charge is 2.33. The first-order valence-corrected chi connectivity index (χ1v) is 7.91. The molecule has 1 aromatic carbocycles. The average molecular weight is 313 g/mol. The standard InChI is InChI=1S/C18H20FN3O/c1-2-22-18(23-16-8-6-15(19)7-9-16)11-17(21-22)14-5-3-4-13(10-14)12-20/h3-8,10,16-18,21H,2,9,11H2,1H3. The number of rotatable bonds is 4. The predicted molar refractivity (Wildman–Crippen MR) is 85.6 cm³/mol. The van der Waals surface area contributed by atoms with Crippen molar-refractivity contribution in [1.29, 1.82) is 5.26 Å². The van der Waals surface area contributed by atoms with Crippen LogP contribution in [0.3, 0.4) is 0 Å². The third-order valence-corrected chi connectivity index (χ3v) is 4.21. The Balaban J connectivity index is 1.68. The maximum absolute atomic E-state index is 13.0. The van der Waals surface area contributed by atoms with Crippen LogP contribution in [0.1, 0.15) is 36.9 Å². The minimum absolute atomic E-state index is 0.0695. The quantitative estimate of drug-likeness (QED) is 0.926. The van der Waals surface area contributed by atoms with Crippen LogP contribution < -0.4 is 5.43 Å². The Kier molecular flexibility index (Phi) is 4.87. The van der Waals surface area contributed by atoms with Crippen LogP contribution in [0.2, 0.25) is 0 Å². The van der Waals surface area contributed by atoms with Crippen molar-refractivity contribution in [1.82, 2.24) is 10.4 Å². The van der Waals surface area contributed by atoms with Gasteiger partial charge in [-0.2, -0.15) is 5.26 Å². The highest BCUT2D eigenvalue weighted by Crippen LogP contribution is 2.30. The topological polar surface area (TPSA) is 48.3 Å². The van der Waals surface area contributed by atoms with Crippen molar-refractivity contribution < 1.29 is 9.13 Å². The fraction of sp³-hybridized carbons (Fsp3) is 0.389. The van der Waals surface area contributed by atoms with Gasteiger partial charge >= 0.3 is 0 Å². The number of allylic oxidation sites excluding steroid dienone is 2. The third kappa shape index (κ3) is 3.67. The van der Waals surface area contributed by atoms with E-state index in [0.29, 0.717) is 12.0 Å². The Hall–Kier alpha value is -2.00. The lowest BCUT2D eigenvalue weighted by Crippen LogP contribution is -2.40. The first kappa shape index (κ1) is 15.9. The predicted octanol–water partition coefficient (Wildman–Crippen LogP) is 3.35. The average Bonchev–Trinajstić information content (AvgIpc) is 3.00. The van der Waals surface area contributed by atoms with E-state index in [-0.39, 0.29) is 24.2 Å². The molecule has 0 aromatic heterocycles. The Labute approximate surface area is 135 Å². The van der Waals surface area contributed by atoms with E-state index in [1.54, 1.807) is 18.2 Å². The molecule has 0 bridgehead atoms. The van der Waals surface area contributed by atoms with Crippen molar-refractivity contribution >= 4 is 0 Å². The SMILES string of the molecule is CCN1NC(c2cccc(C#N)c2)CC1OC1C=CC(F)=CC1. The number of hydrazine groups is 1. The third-order valence-electron chi connectivity index (χ3n) is 4.21. The number of halogens is 1. The zero-order valence-corrected chi connectivity index (χ0v) is 13.1. The van der Waals surface area contributed by atoms with Crippen LogP contribution in [0, 0.1) is 11.3 Å². The van der Waals surface area contributed by atoms with Gasteiger partial charge in [0.2, 0.25) is 0 Å². The van der Waals surface area contributed by atoms with E-state index in [0.717, 1.165) is 18.5 Å². The summed E-state index contributed by atoms with van der Waals surface area (Å²) in [4.78, 5) is 0. The van der Waals surface area contributed by atoms with Crippen molar-refractivity contribution in [3.63, 3.8) is 0 Å². The second kappa shape index (κ2) is 7.05. The number of nitrogens with one attached hydrogen (secondary N) is 1. The first-order chi connectivity index (χ1) is 11.2. The van der Waals surface area contributed by atoms with Gasteiger partial charge in [-0.05, 0) is 36.3 Å². The number of nitrogens with zero attached hydrogens (tertiary/aromatic N) is 2. The van der Waals surface area contributed by atoms with E-state index in [2.05, 4.69) is 23.4 Å². The van der Waals surface area contributed by atoms with Gasteiger partial charge in [0.1, 0.15) is 12.1 Å². The van der Waals surface area contributed by atoms with Crippen LogP contribution in [-0.4, -0.2) is 23.9 Å². The monoisotopic (exact) mass is 313 g/mol. The fourth-order valence-corrected chi connectivity index (χ4v) is 3.00. The van der Waals surface area contributed by atoms with E-state index in [4.69, 9.17) is 10.00 Å². The zero-order valence-electron chi connectivity index (χ0n) is 13.1. The number of nitriles is 1. The number of benzene rings is 1. The summed E-state index contributed by atoms with van der Waals surface area (Å²) in [6.07, 6.45) is 5.97. The summed E-state index contributed by atoms with van der Waals surface area (Å²) < 4.78 is 19.2. The molecule has 0 amide bonds. The van der Waals surface area contributed by atoms with E-state index >= 15 is 0 Å². The van der Waals surface area contributed by atoms with Gasteiger partial charge in [0.15, 0.2) is 0 Å². The van der Waals surface area contributed by atoms with Crippen LogP contribution in [0.25, 0.3) is 0 Å². The molecular formula is C18H20FN3O. The van der Waals surface area contributed by atoms with Crippen LogP contribution in [-0.2, 0) is 4.74 Å². The molecule has 1 N–H and O–H groups in total. The molecule has 1 aromatic rings. The van der Waals surface area contributed by atoms with E-state index in [9.17, 15) is 4.39 Å². The summed E-state index contributed by atoms with van der Waals surface area (Å²) in [7, 11) is 0. The Morgan fingerprint density at radius 1 is 1.48 bits per heavy atom. The van der Waals surface area contributed by atoms with Crippen molar-refractivity contribution in [3.05, 3.63) is 59.4 Å². The van der Waals surface area contributed by atoms with Gasteiger partial charge in [-0.25, -0.2) is 14.8 Å². The highest BCUT2D eigenvalue weighted by atomic mass is 19.1. The number of hydrogen-bond donors (Lipinski definition) is 1. The summed E-state index contributed by atoms with van der Waals surface area (Å²) in [5, 5.41) is 11.1. The van der Waals surface area contributed by atoms with Crippen molar-refractivity contribution in [2.75, 3.05) is 6.54 Å². The maximum Gasteiger partial charge on any atom is 0.125 e. The normalized spacial score (nSPS) is 27.7. The van der Waals surface area contributed by atoms with Crippen LogP contribution in [0.15, 0.2) is 48.3 Å². The molecule has 0 saturated carbocycles. The molecule has 0 radical (unpaired) electrons. The second-order valence-electron chi connectivity index (χ2n) is 5.75. The van der Waals surface area contributed by atoms with Gasteiger partial charge in [0.25, 0.3) is 0 Å². The summed E-state index contributed by atoms with van der Waals surface area (Å²) >= 11 is 0. The highest BCUT2D eigenvalue weighted by molar-refractivity contribution is 5.34. The molecule has 1 aliphatic heterocycles. The molecule has 5 heteroatoms. The largest absolute Gasteiger partial charge is 0.354 e. The van der Waals surface area contributed by atoms with E-state index in [1.165, 1.54) is 6.08 Å². The molecule has 1 heterocycles. The molecule has 3 rings (SSSR count). The Bertz CT molecular complexity index is 664. The zero-order chi connectivity index (χ0) is 16.2. The smallest absolute Gasteiger partial charge is 0.125 e. The molecule has 120 valence electrons. The van der Waals surface area contributed by atoms with Crippen molar-refractivity contribution in [2.45, 2.75) is 38.1 Å². The lowest BCUT2D eigenvalue weighted by atomic mass is 10.0. The minimum atomic E-state index is -0.201. The van der Waals surface area contributed by atoms with Crippen LogP contribution in [0.5, 0.6) is 0 Å². The van der Waals surface area contributed by atoms with Gasteiger partial charge in [-0.3, -0.25) is 0 Å². The maximum atomic E-state index is 13.0. The molecule has 0 spiro atoms. The van der Waals surface area contributed by atoms with Crippen LogP contribution >= 0.6 is 0 Å². The summed E-state index contributed by atoms with van der Waals surface area (Å²) in [6, 6.07) is 9.93. The molecular weight excluding hydrogens is 293 g/mol. The van der Waals surface area contributed by atoms with Crippen molar-refractivity contribution in [2.24, 2.45) is 0 Å². The van der Waals surface area contributed by atoms with Gasteiger partial charge in [0.05, 0.1) is 23.8 Å². The van der Waals surface area contributed by atoms with Crippen molar-refractivity contribution in [3.8, 4) is 6.07 Å². The van der Waals surface area contributed by atoms with Crippen LogP contribution in [0.4, 0.5) is 4.39 Å². The second-order valence-corrected chi connectivity index (χ2v) is 5.75. The number of ether oxygens (including phenoxy) is 1. The lowest BCUT2D eigenvalue weighted by molar-refractivity contribution is -0.0745. The van der Waals surface area contributed by atoms with Gasteiger partial charge < -0.3 is 4.74 Å². The molecule has 1 aliphatic carbocycles. The number of hydrogen-bond acceptors (Lipinski definition) is 4. The molecule has 1 fully saturated rings. The molecule has 4 nitrogen and oxygen atoms in total. The van der Waals surface area contributed by atoms with E-state index in [1.807, 2.05) is 18.2 Å². The van der Waals surface area contributed by atoms with Gasteiger partial charge in [-0.1, -0.05) is 25.1 Å². The summed E-state index contributed by atoms with van der Waals surface area (Å²) in [6.45, 7) is 2.87. The molecule has 2 aliphatic rings. The molecule has 3 unspecified atom stereocenters. The summed E-state index contributed by atoms with van der Waals surface area (Å²) in [5.74, 6) is -0.201. The lowest BCUT2D eigenvalue weighted by Gasteiger charge is -2.26. The Morgan fingerprint density at radius 2 is 2.35 bits per heavy atom. The first-order valence-electron chi connectivity index (χ1n) is 7.91. The van der Waals surface area contributed by atoms with Gasteiger partial charge in [-0.15, -0.1) is 0 Å². The Morgan fingerprint density at radius 3 is 3.04 bits per heavy atom.